The molecule has 19 N–H and O–H groups in total. The van der Waals surface area contributed by atoms with Crippen LogP contribution in [0.4, 0.5) is 0 Å². The van der Waals surface area contributed by atoms with Gasteiger partial charge in [-0.25, -0.2) is 4.79 Å². The third-order valence-corrected chi connectivity index (χ3v) is 12.0. The van der Waals surface area contributed by atoms with E-state index < -0.39 is 146 Å². The maximum atomic E-state index is 13.9. The number of likely N-dealkylation sites (tertiary alicyclic amines) is 1. The number of aromatic hydroxyl groups is 1. The number of primary amides is 2. The van der Waals surface area contributed by atoms with E-state index in [-0.39, 0.29) is 57.2 Å². The van der Waals surface area contributed by atoms with Gasteiger partial charge in [-0.3, -0.25) is 47.9 Å². The summed E-state index contributed by atoms with van der Waals surface area (Å²) in [5, 5.41) is 66.8. The van der Waals surface area contributed by atoms with Crippen LogP contribution in [0.15, 0.2) is 54.7 Å². The molecule has 408 valence electrons. The number of aliphatic hydroxyl groups is 3. The molecule has 1 aliphatic heterocycles. The number of aliphatic hydroxyl groups excluding tert-OH is 3. The minimum atomic E-state index is -1.79. The minimum absolute atomic E-state index is 0.0466. The zero-order valence-electron chi connectivity index (χ0n) is 40.8. The number of aliphatic carboxylic acids is 1. The Morgan fingerprint density at radius 1 is 0.707 bits per heavy atom. The van der Waals surface area contributed by atoms with Crippen LogP contribution in [-0.4, -0.2) is 181 Å². The fourth-order valence-corrected chi connectivity index (χ4v) is 7.94. The van der Waals surface area contributed by atoms with Gasteiger partial charge in [-0.2, -0.15) is 0 Å². The van der Waals surface area contributed by atoms with Crippen molar-refractivity contribution in [3.63, 3.8) is 0 Å². The molecule has 1 aromatic heterocycles. The first kappa shape index (κ1) is 59.4. The SMILES string of the molecule is C[C@@H](O)[C@H](NC(=O)[C@H](Cc1c[nH]c2ccccc12)NC(=O)[C@@H]1CCCN1C(=O)[C@H](CO)NC(=O)[C@H](CO)NC(=O)CNC(=O)[C@H](Cc1ccc(O)cc1)NC(=O)[C@H](CCC(N)=O)NC(=O)[C@@H](N)CCC(N)=O)C(=O)O. The van der Waals surface area contributed by atoms with Crippen molar-refractivity contribution in [1.82, 2.24) is 47.1 Å². The number of phenols is 1. The number of benzene rings is 2. The Labute approximate surface area is 428 Å². The number of nitrogens with one attached hydrogen (secondary N) is 8. The molecule has 75 heavy (non-hydrogen) atoms. The van der Waals surface area contributed by atoms with E-state index in [0.29, 0.717) is 22.0 Å². The Bertz CT molecular complexity index is 2560. The van der Waals surface area contributed by atoms with Crippen LogP contribution in [-0.2, 0) is 65.6 Å². The van der Waals surface area contributed by atoms with Crippen molar-refractivity contribution in [2.45, 2.75) is 113 Å². The number of fused-ring (bicyclic) bond motifs is 1. The van der Waals surface area contributed by atoms with E-state index in [2.05, 4.69) is 42.2 Å². The van der Waals surface area contributed by atoms with Crippen LogP contribution in [0, 0.1) is 0 Å². The van der Waals surface area contributed by atoms with E-state index in [1.54, 1.807) is 30.5 Å². The third-order valence-electron chi connectivity index (χ3n) is 12.0. The molecule has 2 aromatic carbocycles. The van der Waals surface area contributed by atoms with Gasteiger partial charge in [-0.15, -0.1) is 0 Å². The number of hydrogen-bond acceptors (Lipinski definition) is 16. The van der Waals surface area contributed by atoms with E-state index >= 15 is 0 Å². The second-order valence-electron chi connectivity index (χ2n) is 17.8. The molecule has 28 heteroatoms. The van der Waals surface area contributed by atoms with Crippen molar-refractivity contribution < 1.29 is 78.3 Å². The largest absolute Gasteiger partial charge is 0.508 e. The van der Waals surface area contributed by atoms with Crippen molar-refractivity contribution >= 4 is 75.9 Å². The van der Waals surface area contributed by atoms with Gasteiger partial charge < -0.3 is 89.8 Å². The first-order valence-electron chi connectivity index (χ1n) is 23.7. The summed E-state index contributed by atoms with van der Waals surface area (Å²) in [6.07, 6.45) is -1.17. The summed E-state index contributed by atoms with van der Waals surface area (Å²) < 4.78 is 0. The second-order valence-corrected chi connectivity index (χ2v) is 17.8. The molecule has 10 amide bonds. The summed E-state index contributed by atoms with van der Waals surface area (Å²) in [5.74, 6) is -11.1. The Kier molecular flexibility index (Phi) is 22.4. The van der Waals surface area contributed by atoms with Crippen molar-refractivity contribution in [2.75, 3.05) is 26.3 Å². The predicted molar refractivity (Wildman–Crippen MR) is 261 cm³/mol. The summed E-state index contributed by atoms with van der Waals surface area (Å²) in [5.41, 5.74) is 17.9. The molecule has 2 heterocycles. The van der Waals surface area contributed by atoms with Crippen molar-refractivity contribution in [1.29, 1.82) is 0 Å². The third kappa shape index (κ3) is 17.8. The number of hydrogen-bond donors (Lipinski definition) is 16. The summed E-state index contributed by atoms with van der Waals surface area (Å²) in [6.45, 7) is -1.85. The minimum Gasteiger partial charge on any atom is -0.508 e. The van der Waals surface area contributed by atoms with Crippen molar-refractivity contribution in [3.8, 4) is 5.75 Å². The fraction of sp³-hybridized carbons (Fsp3) is 0.468. The van der Waals surface area contributed by atoms with Crippen molar-refractivity contribution in [3.05, 3.63) is 65.9 Å². The summed E-state index contributed by atoms with van der Waals surface area (Å²) in [7, 11) is 0. The molecule has 0 unspecified atom stereocenters. The molecule has 0 saturated carbocycles. The molecular weight excluding hydrogens is 989 g/mol. The molecule has 0 aliphatic carbocycles. The molecule has 1 saturated heterocycles. The number of amides is 10. The number of nitrogens with two attached hydrogens (primary N) is 3. The highest BCUT2D eigenvalue weighted by Gasteiger charge is 2.40. The van der Waals surface area contributed by atoms with Gasteiger partial charge in [0.1, 0.15) is 42.0 Å². The van der Waals surface area contributed by atoms with Gasteiger partial charge in [-0.05, 0) is 61.9 Å². The van der Waals surface area contributed by atoms with Gasteiger partial charge in [0.05, 0.1) is 31.9 Å². The van der Waals surface area contributed by atoms with Gasteiger partial charge in [0.2, 0.25) is 59.1 Å². The highest BCUT2D eigenvalue weighted by Crippen LogP contribution is 2.22. The summed E-state index contributed by atoms with van der Waals surface area (Å²) in [6, 6.07) is 0.279. The fourth-order valence-electron chi connectivity index (χ4n) is 7.94. The van der Waals surface area contributed by atoms with Crippen LogP contribution < -0.4 is 54.4 Å². The van der Waals surface area contributed by atoms with Gasteiger partial charge in [-0.1, -0.05) is 30.3 Å². The van der Waals surface area contributed by atoms with E-state index in [1.165, 1.54) is 24.3 Å². The maximum absolute atomic E-state index is 13.9. The molecule has 1 aliphatic rings. The number of carbonyl (C=O) groups excluding carboxylic acids is 10. The normalized spacial score (nSPS) is 16.3. The number of carboxylic acid groups (broad SMARTS) is 1. The van der Waals surface area contributed by atoms with Gasteiger partial charge in [0.25, 0.3) is 0 Å². The average molecular weight is 1050 g/mol. The van der Waals surface area contributed by atoms with Crippen LogP contribution >= 0.6 is 0 Å². The van der Waals surface area contributed by atoms with Crippen LogP contribution in [0.25, 0.3) is 10.9 Å². The second kappa shape index (κ2) is 28.3. The Balaban J connectivity index is 1.42. The van der Waals surface area contributed by atoms with Crippen LogP contribution in [0.5, 0.6) is 5.75 Å². The highest BCUT2D eigenvalue weighted by atomic mass is 16.4. The molecule has 0 spiro atoms. The van der Waals surface area contributed by atoms with E-state index in [0.717, 1.165) is 11.8 Å². The van der Waals surface area contributed by atoms with E-state index in [9.17, 15) is 78.3 Å². The lowest BCUT2D eigenvalue weighted by Gasteiger charge is -2.30. The number of rotatable bonds is 29. The quantitative estimate of drug-likeness (QED) is 0.0308. The lowest BCUT2D eigenvalue weighted by Crippen LogP contribution is -2.60. The molecular formula is C47H64N12O16. The van der Waals surface area contributed by atoms with Crippen LogP contribution in [0.1, 0.15) is 56.6 Å². The van der Waals surface area contributed by atoms with Gasteiger partial charge in [0.15, 0.2) is 6.04 Å². The average Bonchev–Trinajstić information content (AvgIpc) is 4.03. The predicted octanol–water partition coefficient (Wildman–Crippen LogP) is -6.02. The Morgan fingerprint density at radius 3 is 1.92 bits per heavy atom. The number of nitrogens with zero attached hydrogens (tertiary/aromatic N) is 1. The first-order chi connectivity index (χ1) is 35.5. The number of para-hydroxylation sites is 1. The Morgan fingerprint density at radius 2 is 1.29 bits per heavy atom. The maximum Gasteiger partial charge on any atom is 0.328 e. The highest BCUT2D eigenvalue weighted by molar-refractivity contribution is 5.98. The lowest BCUT2D eigenvalue weighted by atomic mass is 10.0. The van der Waals surface area contributed by atoms with E-state index in [4.69, 9.17) is 17.2 Å². The molecule has 1 fully saturated rings. The lowest BCUT2D eigenvalue weighted by molar-refractivity contribution is -0.146. The number of H-pyrrole nitrogens is 1. The Hall–Kier alpha value is -8.21. The van der Waals surface area contributed by atoms with E-state index in [1.807, 2.05) is 0 Å². The van der Waals surface area contributed by atoms with Gasteiger partial charge in [0, 0.05) is 49.3 Å². The number of carboxylic acids is 1. The van der Waals surface area contributed by atoms with Gasteiger partial charge >= 0.3 is 5.97 Å². The molecule has 4 rings (SSSR count). The van der Waals surface area contributed by atoms with Crippen molar-refractivity contribution in [2.24, 2.45) is 17.2 Å². The molecule has 3 aromatic rings. The van der Waals surface area contributed by atoms with Crippen LogP contribution in [0.2, 0.25) is 0 Å². The zero-order valence-corrected chi connectivity index (χ0v) is 40.8. The number of aromatic nitrogens is 1. The number of phenolic OH excluding ortho intramolecular Hbond substituents is 1. The summed E-state index contributed by atoms with van der Waals surface area (Å²) in [4.78, 5) is 147. The molecule has 9 atom stereocenters. The molecule has 0 radical (unpaired) electrons. The zero-order chi connectivity index (χ0) is 55.5. The van der Waals surface area contributed by atoms with Crippen LogP contribution in [0.3, 0.4) is 0 Å². The molecule has 0 bridgehead atoms. The summed E-state index contributed by atoms with van der Waals surface area (Å²) >= 11 is 0. The first-order valence-corrected chi connectivity index (χ1v) is 23.7. The topological polar surface area (TPSA) is 470 Å². The monoisotopic (exact) mass is 1050 g/mol. The smallest absolute Gasteiger partial charge is 0.328 e. The number of carbonyl (C=O) groups is 11. The molecule has 28 nitrogen and oxygen atoms in total. The number of aromatic amines is 1. The standard InChI is InChI=1S/C47H64N12O16/c1-23(62)39(47(74)75)58-43(70)32(18-25-19-51-29-6-3-2-5-27(25)29)56-45(72)35-7-4-16-59(35)46(73)34(22-61)57-44(71)33(21-60)53-38(66)20-52-41(68)31(17-24-8-10-26(63)11-9-24)55-42(69)30(13-15-37(50)65)54-40(67)28(48)12-14-36(49)64/h2-3,5-6,8-11,19,23,28,30-35,39,51,60-63H,4,7,12-18,20-22,48H2,1H3,(H2,49,64)(H2,50,65)(H,52,68)(H,53,66)(H,54,67)(H,55,69)(H,56,72)(H,57,71)(H,58,70)(H,74,75)/t23-,28+,30+,31+,32+,33+,34+,35+,39+/m1/s1.